The largest absolute Gasteiger partial charge is 0.330 e. The maximum Gasteiger partial charge on any atom is 0.324 e. The van der Waals surface area contributed by atoms with E-state index in [-0.39, 0.29) is 16.9 Å². The van der Waals surface area contributed by atoms with Crippen LogP contribution in [0.15, 0.2) is 0 Å². The maximum atomic E-state index is 8.69. The second-order valence-electron chi connectivity index (χ2n) is 10.5. The van der Waals surface area contributed by atoms with Gasteiger partial charge in [-0.1, -0.05) is 54.9 Å². The summed E-state index contributed by atoms with van der Waals surface area (Å²) in [6.45, 7) is 16.8. The average Bonchev–Trinajstić information content (AvgIpc) is 2.61. The third-order valence-corrected chi connectivity index (χ3v) is 7.64. The molecular formula is C23H44N2O2. The third kappa shape index (κ3) is 6.09. The molecule has 0 heterocycles. The van der Waals surface area contributed by atoms with Crippen LogP contribution in [0, 0.1) is 33.2 Å². The van der Waals surface area contributed by atoms with E-state index >= 15 is 0 Å². The van der Waals surface area contributed by atoms with Crippen molar-refractivity contribution in [1.82, 2.24) is 0 Å². The Labute approximate surface area is 168 Å². The van der Waals surface area contributed by atoms with Crippen LogP contribution in [0.4, 0.5) is 0 Å². The van der Waals surface area contributed by atoms with E-state index in [1.54, 1.807) is 6.26 Å². The molecule has 158 valence electrons. The molecule has 4 heteroatoms. The summed E-state index contributed by atoms with van der Waals surface area (Å²) in [5.41, 5.74) is 7.23. The van der Waals surface area contributed by atoms with Crippen LogP contribution in [0.3, 0.4) is 0 Å². The lowest BCUT2D eigenvalue weighted by atomic mass is 9.50. The minimum absolute atomic E-state index is 0.0473. The smallest absolute Gasteiger partial charge is 0.324 e. The molecule has 2 saturated carbocycles. The molecule has 0 spiro atoms. The molecular weight excluding hydrogens is 336 g/mol. The van der Waals surface area contributed by atoms with Gasteiger partial charge in [-0.05, 0) is 79.6 Å². The average molecular weight is 381 g/mol. The minimum Gasteiger partial charge on any atom is -0.330 e. The van der Waals surface area contributed by atoms with E-state index in [0.717, 1.165) is 25.7 Å². The Morgan fingerprint density at radius 3 is 2.19 bits per heavy atom. The van der Waals surface area contributed by atoms with Gasteiger partial charge in [0.15, 0.2) is 0 Å². The van der Waals surface area contributed by atoms with Crippen molar-refractivity contribution in [2.75, 3.05) is 6.54 Å². The Hall–Kier alpha value is -0.790. The van der Waals surface area contributed by atoms with Crippen LogP contribution >= 0.6 is 0 Å². The SMILES string of the molecule is CC.CC1(C)CCCC(C)(C2(C)CCC(OOC#N)CC(C)(CN)CC2)C1. The minimum atomic E-state index is -0.0481. The summed E-state index contributed by atoms with van der Waals surface area (Å²) in [7, 11) is 0. The van der Waals surface area contributed by atoms with E-state index in [1.807, 2.05) is 13.8 Å². The third-order valence-electron chi connectivity index (χ3n) is 7.64. The molecule has 2 fully saturated rings. The Kier molecular flexibility index (Phi) is 8.63. The van der Waals surface area contributed by atoms with Gasteiger partial charge in [-0.15, -0.1) is 5.26 Å². The molecule has 0 aromatic carbocycles. The second kappa shape index (κ2) is 9.61. The zero-order valence-electron chi connectivity index (χ0n) is 19.0. The van der Waals surface area contributed by atoms with Gasteiger partial charge in [0, 0.05) is 0 Å². The molecule has 0 aromatic heterocycles. The molecule has 4 nitrogen and oxygen atoms in total. The van der Waals surface area contributed by atoms with Gasteiger partial charge in [0.2, 0.25) is 0 Å². The first-order chi connectivity index (χ1) is 12.6. The predicted octanol–water partition coefficient (Wildman–Crippen LogP) is 6.35. The lowest BCUT2D eigenvalue weighted by Gasteiger charge is -2.55. The molecule has 2 aliphatic carbocycles. The lowest BCUT2D eigenvalue weighted by Crippen LogP contribution is -2.46. The van der Waals surface area contributed by atoms with Crippen molar-refractivity contribution in [3.05, 3.63) is 0 Å². The number of rotatable bonds is 4. The van der Waals surface area contributed by atoms with Gasteiger partial charge >= 0.3 is 6.26 Å². The van der Waals surface area contributed by atoms with E-state index in [1.165, 1.54) is 32.1 Å². The van der Waals surface area contributed by atoms with Gasteiger partial charge in [0.25, 0.3) is 0 Å². The molecule has 2 rings (SSSR count). The molecule has 0 saturated heterocycles. The number of nitrogens with two attached hydrogens (primary N) is 1. The molecule has 2 N–H and O–H groups in total. The summed E-state index contributed by atoms with van der Waals surface area (Å²) in [6.07, 6.45) is 12.1. The van der Waals surface area contributed by atoms with Crippen LogP contribution in [-0.2, 0) is 9.78 Å². The fourth-order valence-corrected chi connectivity index (χ4v) is 5.60. The zero-order valence-corrected chi connectivity index (χ0v) is 19.0. The quantitative estimate of drug-likeness (QED) is 0.350. The monoisotopic (exact) mass is 380 g/mol. The van der Waals surface area contributed by atoms with E-state index in [0.29, 0.717) is 17.4 Å². The van der Waals surface area contributed by atoms with Gasteiger partial charge in [-0.3, -0.25) is 4.89 Å². The van der Waals surface area contributed by atoms with Gasteiger partial charge < -0.3 is 5.73 Å². The normalized spacial score (nSPS) is 39.1. The Morgan fingerprint density at radius 2 is 1.63 bits per heavy atom. The summed E-state index contributed by atoms with van der Waals surface area (Å²) in [4.78, 5) is 10.0. The predicted molar refractivity (Wildman–Crippen MR) is 112 cm³/mol. The highest BCUT2D eigenvalue weighted by Crippen LogP contribution is 2.60. The standard InChI is InChI=1S/C21H38N2O2.C2H6/c1-18(2)8-6-9-21(5,14-18)20(4)10-7-17(25-24-16-23)13-19(3,15-22)11-12-20;1-2/h17H,6-15,22H2,1-5H3;1-2H3. The van der Waals surface area contributed by atoms with Crippen LogP contribution < -0.4 is 5.73 Å². The lowest BCUT2D eigenvalue weighted by molar-refractivity contribution is -0.284. The Balaban J connectivity index is 0.00000176. The summed E-state index contributed by atoms with van der Waals surface area (Å²) in [5, 5.41) is 8.69. The van der Waals surface area contributed by atoms with Gasteiger partial charge in [-0.2, -0.15) is 4.89 Å². The van der Waals surface area contributed by atoms with E-state index in [4.69, 9.17) is 15.9 Å². The molecule has 27 heavy (non-hydrogen) atoms. The second-order valence-corrected chi connectivity index (χ2v) is 10.5. The van der Waals surface area contributed by atoms with Crippen LogP contribution in [0.1, 0.15) is 106 Å². The zero-order chi connectivity index (χ0) is 20.8. The highest BCUT2D eigenvalue weighted by Gasteiger charge is 2.50. The molecule has 0 radical (unpaired) electrons. The van der Waals surface area contributed by atoms with Gasteiger partial charge in [0.1, 0.15) is 6.10 Å². The van der Waals surface area contributed by atoms with Crippen LogP contribution in [0.25, 0.3) is 0 Å². The van der Waals surface area contributed by atoms with E-state index in [9.17, 15) is 0 Å². The molecule has 0 aliphatic heterocycles. The first kappa shape index (κ1) is 24.2. The highest BCUT2D eigenvalue weighted by molar-refractivity contribution is 5.00. The first-order valence-corrected chi connectivity index (χ1v) is 11.0. The number of nitriles is 1. The first-order valence-electron chi connectivity index (χ1n) is 11.0. The fourth-order valence-electron chi connectivity index (χ4n) is 5.60. The number of hydrogen-bond acceptors (Lipinski definition) is 4. The van der Waals surface area contributed by atoms with Gasteiger partial charge in [0.05, 0.1) is 0 Å². The number of hydrogen-bond donors (Lipinski definition) is 1. The van der Waals surface area contributed by atoms with E-state index in [2.05, 4.69) is 39.5 Å². The maximum absolute atomic E-state index is 8.69. The summed E-state index contributed by atoms with van der Waals surface area (Å²) >= 11 is 0. The summed E-state index contributed by atoms with van der Waals surface area (Å²) in [5.74, 6) is 0. The van der Waals surface area contributed by atoms with Crippen molar-refractivity contribution in [1.29, 1.82) is 5.26 Å². The Bertz CT molecular complexity index is 501. The summed E-state index contributed by atoms with van der Waals surface area (Å²) in [6, 6.07) is 0. The van der Waals surface area contributed by atoms with Crippen molar-refractivity contribution in [3.63, 3.8) is 0 Å². The van der Waals surface area contributed by atoms with Crippen molar-refractivity contribution < 1.29 is 9.78 Å². The van der Waals surface area contributed by atoms with Gasteiger partial charge in [-0.25, -0.2) is 0 Å². The molecule has 2 aliphatic rings. The fraction of sp³-hybridized carbons (Fsp3) is 0.957. The molecule has 0 amide bonds. The summed E-state index contributed by atoms with van der Waals surface area (Å²) < 4.78 is 0. The van der Waals surface area contributed by atoms with Crippen molar-refractivity contribution in [3.8, 4) is 6.26 Å². The molecule has 4 atom stereocenters. The van der Waals surface area contributed by atoms with Crippen LogP contribution in [0.2, 0.25) is 0 Å². The van der Waals surface area contributed by atoms with Crippen molar-refractivity contribution >= 4 is 0 Å². The Morgan fingerprint density at radius 1 is 0.963 bits per heavy atom. The molecule has 0 bridgehead atoms. The molecule has 0 aromatic rings. The van der Waals surface area contributed by atoms with Crippen molar-refractivity contribution in [2.45, 2.75) is 112 Å². The van der Waals surface area contributed by atoms with E-state index < -0.39 is 0 Å². The number of nitrogens with zero attached hydrogens (tertiary/aromatic N) is 1. The van der Waals surface area contributed by atoms with Crippen LogP contribution in [0.5, 0.6) is 0 Å². The van der Waals surface area contributed by atoms with Crippen LogP contribution in [-0.4, -0.2) is 12.6 Å². The van der Waals surface area contributed by atoms with Crippen molar-refractivity contribution in [2.24, 2.45) is 27.4 Å². The highest BCUT2D eigenvalue weighted by atomic mass is 17.2. The topological polar surface area (TPSA) is 68.3 Å². The molecule has 4 unspecified atom stereocenters.